The van der Waals surface area contributed by atoms with Crippen LogP contribution in [0, 0.1) is 20.8 Å². The highest BCUT2D eigenvalue weighted by molar-refractivity contribution is 5.96. The summed E-state index contributed by atoms with van der Waals surface area (Å²) in [4.78, 5) is 23.7. The van der Waals surface area contributed by atoms with Crippen molar-refractivity contribution in [1.82, 2.24) is 10.5 Å². The molecule has 146 valence electrons. The molecule has 3 aromatic rings. The second-order valence-electron chi connectivity index (χ2n) is 6.26. The predicted molar refractivity (Wildman–Crippen MR) is 98.3 cm³/mol. The molecule has 0 fully saturated rings. The van der Waals surface area contributed by atoms with Gasteiger partial charge in [0.15, 0.2) is 0 Å². The molecule has 2 aromatic heterocycles. The summed E-state index contributed by atoms with van der Waals surface area (Å²) in [6.45, 7) is 5.47. The molecule has 0 saturated carbocycles. The minimum absolute atomic E-state index is 0.0607. The van der Waals surface area contributed by atoms with Gasteiger partial charge in [0.05, 0.1) is 23.4 Å². The van der Waals surface area contributed by atoms with E-state index in [0.717, 1.165) is 11.3 Å². The zero-order chi connectivity index (χ0) is 20.3. The normalized spacial score (nSPS) is 10.7. The van der Waals surface area contributed by atoms with Gasteiger partial charge in [-0.3, -0.25) is 4.79 Å². The van der Waals surface area contributed by atoms with Gasteiger partial charge in [0, 0.05) is 0 Å². The van der Waals surface area contributed by atoms with Crippen LogP contribution in [0.4, 0.5) is 0 Å². The Morgan fingerprint density at radius 2 is 1.89 bits per heavy atom. The van der Waals surface area contributed by atoms with E-state index in [0.29, 0.717) is 28.6 Å². The Balaban J connectivity index is 1.69. The van der Waals surface area contributed by atoms with E-state index in [-0.39, 0.29) is 24.6 Å². The summed E-state index contributed by atoms with van der Waals surface area (Å²) in [5.74, 6) is 0.304. The molecule has 1 amide bonds. The first-order valence-electron chi connectivity index (χ1n) is 8.61. The number of nitrogens with zero attached hydrogens (tertiary/aromatic N) is 1. The minimum Gasteiger partial charge on any atom is -0.488 e. The fourth-order valence-electron chi connectivity index (χ4n) is 2.74. The molecule has 2 N–H and O–H groups in total. The van der Waals surface area contributed by atoms with Gasteiger partial charge in [0.2, 0.25) is 0 Å². The largest absolute Gasteiger partial charge is 0.488 e. The topological polar surface area (TPSA) is 115 Å². The van der Waals surface area contributed by atoms with Crippen LogP contribution in [0.5, 0.6) is 5.75 Å². The lowest BCUT2D eigenvalue weighted by atomic mass is 10.1. The van der Waals surface area contributed by atoms with Crippen molar-refractivity contribution in [2.75, 3.05) is 0 Å². The van der Waals surface area contributed by atoms with Gasteiger partial charge < -0.3 is 24.1 Å². The second kappa shape index (κ2) is 7.99. The van der Waals surface area contributed by atoms with Crippen molar-refractivity contribution in [3.8, 4) is 5.75 Å². The van der Waals surface area contributed by atoms with E-state index in [4.69, 9.17) is 18.8 Å². The lowest BCUT2D eigenvalue weighted by molar-refractivity contribution is 0.0694. The van der Waals surface area contributed by atoms with Crippen molar-refractivity contribution in [2.45, 2.75) is 33.9 Å². The molecule has 3 rings (SSSR count). The molecule has 1 aromatic carbocycles. The highest BCUT2D eigenvalue weighted by Crippen LogP contribution is 2.22. The number of para-hydroxylation sites is 1. The molecule has 0 bridgehead atoms. The predicted octanol–water partition coefficient (Wildman–Crippen LogP) is 3.40. The standard InChI is InChI=1S/C20H20N2O6/c1-11-17(13(3)28-22-11)10-26-18-7-5-4-6-15(18)19(23)21-9-14-8-16(20(24)25)12(2)27-14/h4-8H,9-10H2,1-3H3,(H,21,23)(H,24,25). The average molecular weight is 384 g/mol. The van der Waals surface area contributed by atoms with E-state index in [1.807, 2.05) is 6.92 Å². The van der Waals surface area contributed by atoms with Gasteiger partial charge >= 0.3 is 5.97 Å². The van der Waals surface area contributed by atoms with E-state index >= 15 is 0 Å². The monoisotopic (exact) mass is 384 g/mol. The van der Waals surface area contributed by atoms with Crippen LogP contribution in [0.2, 0.25) is 0 Å². The van der Waals surface area contributed by atoms with Crippen LogP contribution in [0.25, 0.3) is 0 Å². The van der Waals surface area contributed by atoms with Gasteiger partial charge in [-0.2, -0.15) is 0 Å². The number of hydrogen-bond acceptors (Lipinski definition) is 6. The second-order valence-corrected chi connectivity index (χ2v) is 6.26. The number of carboxylic acid groups (broad SMARTS) is 1. The zero-order valence-electron chi connectivity index (χ0n) is 15.7. The van der Waals surface area contributed by atoms with Crippen LogP contribution in [-0.2, 0) is 13.2 Å². The number of nitrogens with one attached hydrogen (secondary N) is 1. The number of benzene rings is 1. The first-order chi connectivity index (χ1) is 13.4. The summed E-state index contributed by atoms with van der Waals surface area (Å²) in [7, 11) is 0. The molecular formula is C20H20N2O6. The lowest BCUT2D eigenvalue weighted by Gasteiger charge is -2.11. The van der Waals surface area contributed by atoms with Crippen molar-refractivity contribution >= 4 is 11.9 Å². The Bertz CT molecular complexity index is 998. The fraction of sp³-hybridized carbons (Fsp3) is 0.250. The van der Waals surface area contributed by atoms with E-state index in [1.54, 1.807) is 38.1 Å². The van der Waals surface area contributed by atoms with E-state index in [1.165, 1.54) is 6.07 Å². The van der Waals surface area contributed by atoms with Crippen LogP contribution >= 0.6 is 0 Å². The van der Waals surface area contributed by atoms with E-state index < -0.39 is 5.97 Å². The molecule has 2 heterocycles. The van der Waals surface area contributed by atoms with Gasteiger partial charge in [0.25, 0.3) is 5.91 Å². The number of aromatic carboxylic acids is 1. The molecule has 0 radical (unpaired) electrons. The summed E-state index contributed by atoms with van der Waals surface area (Å²) in [6.07, 6.45) is 0. The number of ether oxygens (including phenoxy) is 1. The minimum atomic E-state index is -1.07. The third-order valence-corrected chi connectivity index (χ3v) is 4.31. The van der Waals surface area contributed by atoms with Gasteiger partial charge in [0.1, 0.15) is 35.2 Å². The zero-order valence-corrected chi connectivity index (χ0v) is 15.7. The number of carboxylic acids is 1. The van der Waals surface area contributed by atoms with Crippen LogP contribution in [0.1, 0.15) is 49.3 Å². The summed E-state index contributed by atoms with van der Waals surface area (Å²) < 4.78 is 16.3. The smallest absolute Gasteiger partial charge is 0.339 e. The van der Waals surface area contributed by atoms with Crippen LogP contribution in [-0.4, -0.2) is 22.1 Å². The molecule has 0 aliphatic rings. The quantitative estimate of drug-likeness (QED) is 0.641. The first-order valence-corrected chi connectivity index (χ1v) is 8.61. The van der Waals surface area contributed by atoms with Gasteiger partial charge in [-0.05, 0) is 39.0 Å². The molecular weight excluding hydrogens is 364 g/mol. The third-order valence-electron chi connectivity index (χ3n) is 4.31. The molecule has 0 spiro atoms. The average Bonchev–Trinajstić information content (AvgIpc) is 3.20. The number of hydrogen-bond donors (Lipinski definition) is 2. The number of amides is 1. The summed E-state index contributed by atoms with van der Waals surface area (Å²) in [5, 5.41) is 15.7. The van der Waals surface area contributed by atoms with Crippen molar-refractivity contribution < 1.29 is 28.4 Å². The molecule has 0 atom stereocenters. The van der Waals surface area contributed by atoms with Crippen LogP contribution in [0.15, 0.2) is 39.3 Å². The molecule has 0 saturated heterocycles. The maximum atomic E-state index is 12.6. The van der Waals surface area contributed by atoms with E-state index in [2.05, 4.69) is 10.5 Å². The van der Waals surface area contributed by atoms with Crippen molar-refractivity contribution in [1.29, 1.82) is 0 Å². The van der Waals surface area contributed by atoms with Crippen LogP contribution in [0.3, 0.4) is 0 Å². The fourth-order valence-corrected chi connectivity index (χ4v) is 2.74. The van der Waals surface area contributed by atoms with Gasteiger partial charge in [-0.1, -0.05) is 17.3 Å². The Labute approximate surface area is 161 Å². The van der Waals surface area contributed by atoms with Crippen molar-refractivity contribution in [2.24, 2.45) is 0 Å². The number of aromatic nitrogens is 1. The van der Waals surface area contributed by atoms with Gasteiger partial charge in [-0.15, -0.1) is 0 Å². The maximum absolute atomic E-state index is 12.6. The lowest BCUT2D eigenvalue weighted by Crippen LogP contribution is -2.23. The van der Waals surface area contributed by atoms with Crippen LogP contribution < -0.4 is 10.1 Å². The number of aryl methyl sites for hydroxylation is 3. The molecule has 8 nitrogen and oxygen atoms in total. The molecule has 0 aliphatic heterocycles. The van der Waals surface area contributed by atoms with Crippen molar-refractivity contribution in [3.05, 3.63) is 70.0 Å². The Morgan fingerprint density at radius 3 is 2.54 bits per heavy atom. The SMILES string of the molecule is Cc1noc(C)c1COc1ccccc1C(=O)NCc1cc(C(=O)O)c(C)o1. The number of carbonyl (C=O) groups excluding carboxylic acids is 1. The maximum Gasteiger partial charge on any atom is 0.339 e. The Hall–Kier alpha value is -3.55. The van der Waals surface area contributed by atoms with Crippen molar-refractivity contribution in [3.63, 3.8) is 0 Å². The number of carbonyl (C=O) groups is 2. The summed E-state index contributed by atoms with van der Waals surface area (Å²) in [5.41, 5.74) is 2.01. The number of rotatable bonds is 7. The number of furan rings is 1. The third kappa shape index (κ3) is 4.06. The molecule has 8 heteroatoms. The van der Waals surface area contributed by atoms with Gasteiger partial charge in [-0.25, -0.2) is 4.79 Å². The molecule has 28 heavy (non-hydrogen) atoms. The molecule has 0 unspecified atom stereocenters. The van der Waals surface area contributed by atoms with E-state index in [9.17, 15) is 9.59 Å². The highest BCUT2D eigenvalue weighted by atomic mass is 16.5. The highest BCUT2D eigenvalue weighted by Gasteiger charge is 2.17. The Morgan fingerprint density at radius 1 is 1.14 bits per heavy atom. The summed E-state index contributed by atoms with van der Waals surface area (Å²) in [6, 6.07) is 8.25. The first kappa shape index (κ1) is 19.2. The Kier molecular flexibility index (Phi) is 5.49. The molecule has 0 aliphatic carbocycles. The summed E-state index contributed by atoms with van der Waals surface area (Å²) >= 11 is 0.